The lowest BCUT2D eigenvalue weighted by molar-refractivity contribution is -0.127. The molecule has 0 radical (unpaired) electrons. The van der Waals surface area contributed by atoms with Crippen molar-refractivity contribution in [2.24, 2.45) is 0 Å². The molecule has 118 valence electrons. The maximum Gasteiger partial charge on any atom is 0.241 e. The van der Waals surface area contributed by atoms with E-state index in [4.69, 9.17) is 0 Å². The van der Waals surface area contributed by atoms with E-state index in [1.165, 1.54) is 6.07 Å². The van der Waals surface area contributed by atoms with Crippen LogP contribution in [-0.2, 0) is 11.3 Å². The maximum atomic E-state index is 14.1. The number of amides is 1. The zero-order valence-corrected chi connectivity index (χ0v) is 13.6. The Kier molecular flexibility index (Phi) is 6.62. The fraction of sp³-hybridized carbons (Fsp3) is 0.562. The molecule has 0 aliphatic carbocycles. The van der Waals surface area contributed by atoms with Crippen LogP contribution >= 0.6 is 0 Å². The van der Waals surface area contributed by atoms with Gasteiger partial charge < -0.3 is 15.1 Å². The van der Waals surface area contributed by atoms with E-state index in [-0.39, 0.29) is 24.3 Å². The zero-order chi connectivity index (χ0) is 16.0. The Balaban J connectivity index is 3.02. The second kappa shape index (κ2) is 7.98. The number of hydrogen-bond acceptors (Lipinski definition) is 3. The Morgan fingerprint density at radius 1 is 1.33 bits per heavy atom. The van der Waals surface area contributed by atoms with Gasteiger partial charge in [-0.15, -0.1) is 0 Å². The van der Waals surface area contributed by atoms with E-state index in [9.17, 15) is 9.18 Å². The molecule has 0 spiro atoms. The topological polar surface area (TPSA) is 35.6 Å². The van der Waals surface area contributed by atoms with Gasteiger partial charge in [0.05, 0.1) is 6.54 Å². The van der Waals surface area contributed by atoms with Crippen LogP contribution in [0.2, 0.25) is 0 Å². The minimum Gasteiger partial charge on any atom is -0.362 e. The molecule has 1 aromatic rings. The number of likely N-dealkylation sites (N-methyl/N-ethyl adjacent to an activating group) is 2. The van der Waals surface area contributed by atoms with Crippen LogP contribution in [0.15, 0.2) is 18.2 Å². The minimum atomic E-state index is -0.239. The number of carbonyl (C=O) groups is 1. The standard InChI is InChI=1S/C16H26FN3O/c1-6-20(11-16(21)19(4)5)15-9-7-8-14(17)13(15)10-18-12(2)3/h7-9,12,18H,6,10-11H2,1-5H3. The Hall–Kier alpha value is -1.62. The highest BCUT2D eigenvalue weighted by molar-refractivity contribution is 5.81. The molecule has 0 aromatic heterocycles. The Morgan fingerprint density at radius 2 is 2.00 bits per heavy atom. The van der Waals surface area contributed by atoms with Gasteiger partial charge >= 0.3 is 0 Å². The van der Waals surface area contributed by atoms with E-state index >= 15 is 0 Å². The molecule has 0 aliphatic rings. The summed E-state index contributed by atoms with van der Waals surface area (Å²) in [7, 11) is 3.45. The Morgan fingerprint density at radius 3 is 2.52 bits per heavy atom. The molecule has 0 unspecified atom stereocenters. The van der Waals surface area contributed by atoms with Gasteiger partial charge in [0.25, 0.3) is 0 Å². The lowest BCUT2D eigenvalue weighted by Gasteiger charge is -2.27. The van der Waals surface area contributed by atoms with Crippen molar-refractivity contribution < 1.29 is 9.18 Å². The molecule has 1 N–H and O–H groups in total. The van der Waals surface area contributed by atoms with Crippen LogP contribution in [0.1, 0.15) is 26.3 Å². The van der Waals surface area contributed by atoms with Crippen LogP contribution in [0.3, 0.4) is 0 Å². The minimum absolute atomic E-state index is 0.00359. The second-order valence-corrected chi connectivity index (χ2v) is 5.58. The zero-order valence-electron chi connectivity index (χ0n) is 13.6. The molecule has 1 aromatic carbocycles. The lowest BCUT2D eigenvalue weighted by Crippen LogP contribution is -2.37. The molecule has 0 fully saturated rings. The summed E-state index contributed by atoms with van der Waals surface area (Å²) in [5.74, 6) is -0.236. The number of hydrogen-bond donors (Lipinski definition) is 1. The molecule has 0 bridgehead atoms. The van der Waals surface area contributed by atoms with Gasteiger partial charge in [0.1, 0.15) is 5.82 Å². The van der Waals surface area contributed by atoms with Crippen LogP contribution in [0.25, 0.3) is 0 Å². The first kappa shape index (κ1) is 17.4. The smallest absolute Gasteiger partial charge is 0.241 e. The maximum absolute atomic E-state index is 14.1. The summed E-state index contributed by atoms with van der Waals surface area (Å²) in [6.45, 7) is 7.36. The third-order valence-electron chi connectivity index (χ3n) is 3.33. The Labute approximate surface area is 126 Å². The van der Waals surface area contributed by atoms with Gasteiger partial charge in [0.15, 0.2) is 0 Å². The summed E-state index contributed by atoms with van der Waals surface area (Å²) in [6.07, 6.45) is 0. The molecule has 0 saturated heterocycles. The highest BCUT2D eigenvalue weighted by Gasteiger charge is 2.17. The molecule has 0 aliphatic heterocycles. The largest absolute Gasteiger partial charge is 0.362 e. The second-order valence-electron chi connectivity index (χ2n) is 5.58. The summed E-state index contributed by atoms with van der Waals surface area (Å²) in [4.78, 5) is 15.4. The highest BCUT2D eigenvalue weighted by Crippen LogP contribution is 2.23. The van der Waals surface area contributed by atoms with Crippen molar-refractivity contribution in [3.63, 3.8) is 0 Å². The monoisotopic (exact) mass is 295 g/mol. The van der Waals surface area contributed by atoms with Crippen molar-refractivity contribution in [3.05, 3.63) is 29.6 Å². The summed E-state index contributed by atoms with van der Waals surface area (Å²) in [6, 6.07) is 5.29. The molecule has 0 heterocycles. The number of anilines is 1. The molecule has 1 amide bonds. The molecular formula is C16H26FN3O. The van der Waals surface area contributed by atoms with Crippen molar-refractivity contribution in [3.8, 4) is 0 Å². The number of rotatable bonds is 7. The van der Waals surface area contributed by atoms with Crippen LogP contribution in [0.5, 0.6) is 0 Å². The predicted octanol–water partition coefficient (Wildman–Crippen LogP) is 2.24. The summed E-state index contributed by atoms with van der Waals surface area (Å²) < 4.78 is 14.1. The van der Waals surface area contributed by atoms with Crippen LogP contribution in [0.4, 0.5) is 10.1 Å². The van der Waals surface area contributed by atoms with Crippen molar-refractivity contribution in [1.82, 2.24) is 10.2 Å². The molecule has 1 rings (SSSR count). The van der Waals surface area contributed by atoms with E-state index in [2.05, 4.69) is 5.32 Å². The van der Waals surface area contributed by atoms with Crippen molar-refractivity contribution in [1.29, 1.82) is 0 Å². The molecule has 4 nitrogen and oxygen atoms in total. The van der Waals surface area contributed by atoms with Gasteiger partial charge in [0, 0.05) is 44.5 Å². The SMILES string of the molecule is CCN(CC(=O)N(C)C)c1cccc(F)c1CNC(C)C. The summed E-state index contributed by atoms with van der Waals surface area (Å²) in [5.41, 5.74) is 1.39. The van der Waals surface area contributed by atoms with Gasteiger partial charge in [-0.05, 0) is 19.1 Å². The summed E-state index contributed by atoms with van der Waals surface area (Å²) in [5, 5.41) is 3.24. The predicted molar refractivity (Wildman–Crippen MR) is 85.0 cm³/mol. The van der Waals surface area contributed by atoms with Crippen molar-refractivity contribution in [2.75, 3.05) is 32.1 Å². The van der Waals surface area contributed by atoms with Gasteiger partial charge in [-0.2, -0.15) is 0 Å². The molecule has 21 heavy (non-hydrogen) atoms. The number of carbonyl (C=O) groups excluding carboxylic acids is 1. The normalized spacial score (nSPS) is 10.8. The molecule has 0 saturated carbocycles. The number of halogens is 1. The fourth-order valence-electron chi connectivity index (χ4n) is 2.00. The van der Waals surface area contributed by atoms with Crippen molar-refractivity contribution >= 4 is 11.6 Å². The average Bonchev–Trinajstić information content (AvgIpc) is 2.42. The van der Waals surface area contributed by atoms with Crippen LogP contribution in [-0.4, -0.2) is 44.0 Å². The molecule has 0 atom stereocenters. The number of nitrogens with one attached hydrogen (secondary N) is 1. The van der Waals surface area contributed by atoms with Gasteiger partial charge in [-0.25, -0.2) is 4.39 Å². The van der Waals surface area contributed by atoms with Crippen molar-refractivity contribution in [2.45, 2.75) is 33.4 Å². The van der Waals surface area contributed by atoms with Gasteiger partial charge in [0.2, 0.25) is 5.91 Å². The highest BCUT2D eigenvalue weighted by atomic mass is 19.1. The van der Waals surface area contributed by atoms with E-state index in [0.717, 1.165) is 5.69 Å². The van der Waals surface area contributed by atoms with E-state index in [1.54, 1.807) is 25.1 Å². The van der Waals surface area contributed by atoms with Crippen LogP contribution in [0, 0.1) is 5.82 Å². The third kappa shape index (κ3) is 5.01. The van der Waals surface area contributed by atoms with Crippen LogP contribution < -0.4 is 10.2 Å². The summed E-state index contributed by atoms with van der Waals surface area (Å²) >= 11 is 0. The first-order valence-electron chi connectivity index (χ1n) is 7.32. The van der Waals surface area contributed by atoms with E-state index in [0.29, 0.717) is 18.7 Å². The fourth-order valence-corrected chi connectivity index (χ4v) is 2.00. The van der Waals surface area contributed by atoms with Gasteiger partial charge in [-0.3, -0.25) is 4.79 Å². The Bertz CT molecular complexity index is 475. The third-order valence-corrected chi connectivity index (χ3v) is 3.33. The average molecular weight is 295 g/mol. The van der Waals surface area contributed by atoms with E-state index < -0.39 is 0 Å². The number of benzene rings is 1. The first-order valence-corrected chi connectivity index (χ1v) is 7.32. The molecule has 5 heteroatoms. The van der Waals surface area contributed by atoms with E-state index in [1.807, 2.05) is 31.7 Å². The first-order chi connectivity index (χ1) is 9.86. The van der Waals surface area contributed by atoms with Gasteiger partial charge in [-0.1, -0.05) is 19.9 Å². The lowest BCUT2D eigenvalue weighted by atomic mass is 10.1. The quantitative estimate of drug-likeness (QED) is 0.838. The molecular weight excluding hydrogens is 269 g/mol. The number of nitrogens with zero attached hydrogens (tertiary/aromatic N) is 2.